The van der Waals surface area contributed by atoms with E-state index in [9.17, 15) is 15.2 Å². The molecule has 2 aromatic carbocycles. The molecule has 0 fully saturated rings. The first-order valence-electron chi connectivity index (χ1n) is 8.16. The predicted octanol–water partition coefficient (Wildman–Crippen LogP) is 4.63. The van der Waals surface area contributed by atoms with E-state index in [2.05, 4.69) is 4.37 Å². The maximum atomic E-state index is 12.0. The van der Waals surface area contributed by atoms with E-state index >= 15 is 0 Å². The van der Waals surface area contributed by atoms with Crippen molar-refractivity contribution in [2.75, 3.05) is 0 Å². The summed E-state index contributed by atoms with van der Waals surface area (Å²) in [5, 5.41) is 21.3. The van der Waals surface area contributed by atoms with Crippen LogP contribution in [0.25, 0.3) is 0 Å². The summed E-state index contributed by atoms with van der Waals surface area (Å²) >= 11 is 7.51. The number of hydrogen-bond acceptors (Lipinski definition) is 6. The molecule has 1 N–H and O–H groups in total. The Labute approximate surface area is 170 Å². The standard InChI is InChI=1S/C20H15ClN2O4S/c1-20(19(24)25,16-4-2-3-5-17(16)21)27-18-8-15(7-6-14(18)9-22)26-11-13-10-23-28-12-13/h2-8,10,12H,11H2,1H3,(H,24,25). The van der Waals surface area contributed by atoms with Crippen molar-refractivity contribution in [2.45, 2.75) is 19.1 Å². The van der Waals surface area contributed by atoms with Gasteiger partial charge in [0.1, 0.15) is 24.2 Å². The van der Waals surface area contributed by atoms with Crippen LogP contribution in [0.1, 0.15) is 23.6 Å². The van der Waals surface area contributed by atoms with E-state index in [1.54, 1.807) is 36.5 Å². The maximum absolute atomic E-state index is 12.0. The molecule has 0 aliphatic carbocycles. The zero-order chi connectivity index (χ0) is 20.1. The number of aromatic nitrogens is 1. The summed E-state index contributed by atoms with van der Waals surface area (Å²) in [5.74, 6) is -0.708. The average molecular weight is 415 g/mol. The Kier molecular flexibility index (Phi) is 5.83. The highest BCUT2D eigenvalue weighted by molar-refractivity contribution is 7.03. The molecule has 8 heteroatoms. The summed E-state index contributed by atoms with van der Waals surface area (Å²) in [6.07, 6.45) is 1.70. The van der Waals surface area contributed by atoms with E-state index in [0.717, 1.165) is 5.56 Å². The summed E-state index contributed by atoms with van der Waals surface area (Å²) in [6, 6.07) is 13.2. The first-order valence-corrected chi connectivity index (χ1v) is 9.38. The van der Waals surface area contributed by atoms with Crippen LogP contribution < -0.4 is 9.47 Å². The summed E-state index contributed by atoms with van der Waals surface area (Å²) in [6.45, 7) is 1.69. The Balaban J connectivity index is 1.94. The number of nitriles is 1. The van der Waals surface area contributed by atoms with Gasteiger partial charge in [0.15, 0.2) is 0 Å². The second kappa shape index (κ2) is 8.30. The van der Waals surface area contributed by atoms with Crippen molar-refractivity contribution in [1.82, 2.24) is 4.37 Å². The number of nitrogens with zero attached hydrogens (tertiary/aromatic N) is 2. The molecule has 0 amide bonds. The number of hydrogen-bond donors (Lipinski definition) is 1. The van der Waals surface area contributed by atoms with Crippen molar-refractivity contribution >= 4 is 29.1 Å². The molecule has 0 bridgehead atoms. The Bertz CT molecular complexity index is 1030. The van der Waals surface area contributed by atoms with Crippen molar-refractivity contribution in [3.05, 3.63) is 75.8 Å². The molecule has 0 aliphatic rings. The number of carboxylic acid groups (broad SMARTS) is 1. The summed E-state index contributed by atoms with van der Waals surface area (Å²) in [5.41, 5.74) is -0.420. The van der Waals surface area contributed by atoms with E-state index in [0.29, 0.717) is 12.4 Å². The fraction of sp³-hybridized carbons (Fsp3) is 0.150. The van der Waals surface area contributed by atoms with Gasteiger partial charge in [-0.25, -0.2) is 9.17 Å². The fourth-order valence-electron chi connectivity index (χ4n) is 2.52. The van der Waals surface area contributed by atoms with Crippen molar-refractivity contribution in [3.8, 4) is 17.6 Å². The van der Waals surface area contributed by atoms with Gasteiger partial charge in [-0.05, 0) is 36.7 Å². The van der Waals surface area contributed by atoms with Gasteiger partial charge in [0.2, 0.25) is 5.60 Å². The molecule has 3 aromatic rings. The molecular weight excluding hydrogens is 400 g/mol. The topological polar surface area (TPSA) is 92.4 Å². The minimum absolute atomic E-state index is 0.0910. The number of benzene rings is 2. The van der Waals surface area contributed by atoms with E-state index in [1.165, 1.54) is 30.6 Å². The summed E-state index contributed by atoms with van der Waals surface area (Å²) < 4.78 is 15.5. The van der Waals surface area contributed by atoms with Gasteiger partial charge >= 0.3 is 5.97 Å². The molecule has 1 unspecified atom stereocenters. The first kappa shape index (κ1) is 19.7. The SMILES string of the molecule is CC(Oc1cc(OCc2cnsc2)ccc1C#N)(C(=O)O)c1ccccc1Cl. The molecule has 142 valence electrons. The van der Waals surface area contributed by atoms with Crippen LogP contribution in [0.2, 0.25) is 5.02 Å². The van der Waals surface area contributed by atoms with Gasteiger partial charge in [-0.1, -0.05) is 29.8 Å². The van der Waals surface area contributed by atoms with Crippen LogP contribution in [0.15, 0.2) is 54.0 Å². The van der Waals surface area contributed by atoms with Crippen LogP contribution in [0.5, 0.6) is 11.5 Å². The Morgan fingerprint density at radius 2 is 2.14 bits per heavy atom. The third-order valence-corrected chi connectivity index (χ3v) is 5.04. The summed E-state index contributed by atoms with van der Waals surface area (Å²) in [7, 11) is 0. The minimum atomic E-state index is -1.79. The van der Waals surface area contributed by atoms with Crippen LogP contribution >= 0.6 is 23.1 Å². The monoisotopic (exact) mass is 414 g/mol. The molecule has 0 spiro atoms. The average Bonchev–Trinajstić information content (AvgIpc) is 3.20. The predicted molar refractivity (Wildman–Crippen MR) is 105 cm³/mol. The Morgan fingerprint density at radius 3 is 2.79 bits per heavy atom. The van der Waals surface area contributed by atoms with Crippen LogP contribution in [0, 0.1) is 11.3 Å². The maximum Gasteiger partial charge on any atom is 0.352 e. The molecule has 0 saturated heterocycles. The molecule has 0 aliphatic heterocycles. The van der Waals surface area contributed by atoms with Crippen LogP contribution in [0.3, 0.4) is 0 Å². The molecule has 1 aromatic heterocycles. The third-order valence-electron chi connectivity index (χ3n) is 4.07. The van der Waals surface area contributed by atoms with Gasteiger partial charge < -0.3 is 14.6 Å². The highest BCUT2D eigenvalue weighted by Crippen LogP contribution is 2.36. The lowest BCUT2D eigenvalue weighted by Gasteiger charge is -2.28. The lowest BCUT2D eigenvalue weighted by atomic mass is 9.95. The zero-order valence-electron chi connectivity index (χ0n) is 14.8. The van der Waals surface area contributed by atoms with Gasteiger partial charge in [0.05, 0.1) is 5.56 Å². The van der Waals surface area contributed by atoms with Crippen molar-refractivity contribution in [1.29, 1.82) is 5.26 Å². The summed E-state index contributed by atoms with van der Waals surface area (Å²) in [4.78, 5) is 12.0. The largest absolute Gasteiger partial charge is 0.489 e. The number of aliphatic carboxylic acids is 1. The second-order valence-electron chi connectivity index (χ2n) is 6.01. The van der Waals surface area contributed by atoms with Crippen LogP contribution in [-0.4, -0.2) is 15.4 Å². The number of carboxylic acids is 1. The molecule has 1 heterocycles. The molecule has 1 atom stereocenters. The van der Waals surface area contributed by atoms with Gasteiger partial charge in [-0.15, -0.1) is 0 Å². The Hall–Kier alpha value is -3.08. The minimum Gasteiger partial charge on any atom is -0.489 e. The lowest BCUT2D eigenvalue weighted by molar-refractivity contribution is -0.154. The molecule has 3 rings (SSSR count). The quantitative estimate of drug-likeness (QED) is 0.606. The number of carbonyl (C=O) groups is 1. The molecule has 6 nitrogen and oxygen atoms in total. The number of ether oxygens (including phenoxy) is 2. The van der Waals surface area contributed by atoms with Crippen molar-refractivity contribution < 1.29 is 19.4 Å². The van der Waals surface area contributed by atoms with E-state index in [-0.39, 0.29) is 21.9 Å². The fourth-order valence-corrected chi connectivity index (χ4v) is 3.35. The van der Waals surface area contributed by atoms with Crippen LogP contribution in [0.4, 0.5) is 0 Å². The van der Waals surface area contributed by atoms with Crippen LogP contribution in [-0.2, 0) is 17.0 Å². The van der Waals surface area contributed by atoms with Crippen molar-refractivity contribution in [2.24, 2.45) is 0 Å². The zero-order valence-corrected chi connectivity index (χ0v) is 16.3. The number of halogens is 1. The smallest absolute Gasteiger partial charge is 0.352 e. The molecule has 0 radical (unpaired) electrons. The second-order valence-corrected chi connectivity index (χ2v) is 7.08. The number of rotatable bonds is 7. The van der Waals surface area contributed by atoms with E-state index in [1.807, 2.05) is 11.4 Å². The van der Waals surface area contributed by atoms with Gasteiger partial charge in [0, 0.05) is 33.8 Å². The Morgan fingerprint density at radius 1 is 1.36 bits per heavy atom. The highest BCUT2D eigenvalue weighted by Gasteiger charge is 2.40. The van der Waals surface area contributed by atoms with Gasteiger partial charge in [0.25, 0.3) is 0 Å². The molecule has 0 saturated carbocycles. The lowest BCUT2D eigenvalue weighted by Crippen LogP contribution is -2.39. The normalized spacial score (nSPS) is 12.6. The van der Waals surface area contributed by atoms with Gasteiger partial charge in [-0.2, -0.15) is 5.26 Å². The third kappa shape index (κ3) is 4.09. The highest BCUT2D eigenvalue weighted by atomic mass is 35.5. The van der Waals surface area contributed by atoms with Crippen molar-refractivity contribution in [3.63, 3.8) is 0 Å². The van der Waals surface area contributed by atoms with Gasteiger partial charge in [-0.3, -0.25) is 0 Å². The molecule has 28 heavy (non-hydrogen) atoms. The first-order chi connectivity index (χ1) is 13.4. The van der Waals surface area contributed by atoms with E-state index in [4.69, 9.17) is 21.1 Å². The van der Waals surface area contributed by atoms with E-state index < -0.39 is 11.6 Å². The molecular formula is C20H15ClN2O4S.